The summed E-state index contributed by atoms with van der Waals surface area (Å²) in [5.74, 6) is 0. The molecule has 0 atom stereocenters. The summed E-state index contributed by atoms with van der Waals surface area (Å²) in [7, 11) is 0. The molecule has 0 spiro atoms. The standard InChI is InChI=1S/C13H18Br2N2/c14-4-5-16-6-8-17(9-7-16)11-12-2-1-3-13(15)10-12/h1-3,10H,4-9,11H2. The van der Waals surface area contributed by atoms with Gasteiger partial charge in [-0.25, -0.2) is 0 Å². The second-order valence-electron chi connectivity index (χ2n) is 4.44. The summed E-state index contributed by atoms with van der Waals surface area (Å²) in [4.78, 5) is 5.05. The molecule has 1 heterocycles. The largest absolute Gasteiger partial charge is 0.300 e. The number of benzene rings is 1. The lowest BCUT2D eigenvalue weighted by Crippen LogP contribution is -2.46. The highest BCUT2D eigenvalue weighted by molar-refractivity contribution is 9.10. The van der Waals surface area contributed by atoms with Crippen molar-refractivity contribution in [3.8, 4) is 0 Å². The Hall–Kier alpha value is 0.100. The summed E-state index contributed by atoms with van der Waals surface area (Å²) in [5, 5.41) is 1.08. The number of nitrogens with zero attached hydrogens (tertiary/aromatic N) is 2. The van der Waals surface area contributed by atoms with Gasteiger partial charge in [-0.3, -0.25) is 9.80 Å². The van der Waals surface area contributed by atoms with Crippen LogP contribution in [0.3, 0.4) is 0 Å². The highest BCUT2D eigenvalue weighted by Gasteiger charge is 2.16. The van der Waals surface area contributed by atoms with E-state index < -0.39 is 0 Å². The quantitative estimate of drug-likeness (QED) is 0.760. The van der Waals surface area contributed by atoms with Crippen LogP contribution < -0.4 is 0 Å². The van der Waals surface area contributed by atoms with Crippen LogP contribution in [-0.4, -0.2) is 47.9 Å². The maximum Gasteiger partial charge on any atom is 0.0235 e. The lowest BCUT2D eigenvalue weighted by molar-refractivity contribution is 0.133. The molecule has 1 aromatic rings. The predicted molar refractivity (Wildman–Crippen MR) is 79.7 cm³/mol. The van der Waals surface area contributed by atoms with Gasteiger partial charge in [0.1, 0.15) is 0 Å². The highest BCUT2D eigenvalue weighted by atomic mass is 79.9. The molecular formula is C13H18Br2N2. The zero-order chi connectivity index (χ0) is 12.1. The van der Waals surface area contributed by atoms with Crippen molar-refractivity contribution in [3.63, 3.8) is 0 Å². The molecule has 0 unspecified atom stereocenters. The van der Waals surface area contributed by atoms with Gasteiger partial charge in [0, 0.05) is 49.1 Å². The van der Waals surface area contributed by atoms with E-state index in [-0.39, 0.29) is 0 Å². The molecule has 17 heavy (non-hydrogen) atoms. The number of rotatable bonds is 4. The lowest BCUT2D eigenvalue weighted by Gasteiger charge is -2.34. The van der Waals surface area contributed by atoms with Crippen molar-refractivity contribution in [1.29, 1.82) is 0 Å². The number of alkyl halides is 1. The molecule has 1 aliphatic heterocycles. The minimum absolute atomic E-state index is 1.07. The molecule has 1 fully saturated rings. The summed E-state index contributed by atoms with van der Waals surface area (Å²) < 4.78 is 1.17. The molecule has 2 rings (SSSR count). The molecule has 1 saturated heterocycles. The van der Waals surface area contributed by atoms with E-state index in [1.807, 2.05) is 0 Å². The fourth-order valence-electron chi connectivity index (χ4n) is 2.18. The lowest BCUT2D eigenvalue weighted by atomic mass is 10.2. The van der Waals surface area contributed by atoms with E-state index in [1.54, 1.807) is 0 Å². The average molecular weight is 362 g/mol. The third-order valence-electron chi connectivity index (χ3n) is 3.16. The number of piperazine rings is 1. The van der Waals surface area contributed by atoms with Gasteiger partial charge in [-0.2, -0.15) is 0 Å². The first-order chi connectivity index (χ1) is 8.28. The highest BCUT2D eigenvalue weighted by Crippen LogP contribution is 2.14. The van der Waals surface area contributed by atoms with Crippen LogP contribution in [0.2, 0.25) is 0 Å². The predicted octanol–water partition coefficient (Wildman–Crippen LogP) is 2.96. The summed E-state index contributed by atoms with van der Waals surface area (Å²) in [6, 6.07) is 8.61. The topological polar surface area (TPSA) is 6.48 Å². The number of halogens is 2. The minimum Gasteiger partial charge on any atom is -0.300 e. The summed E-state index contributed by atoms with van der Waals surface area (Å²) >= 11 is 7.03. The molecule has 0 N–H and O–H groups in total. The van der Waals surface area contributed by atoms with Crippen LogP contribution in [0.1, 0.15) is 5.56 Å². The molecule has 0 bridgehead atoms. The van der Waals surface area contributed by atoms with Crippen LogP contribution in [0.4, 0.5) is 0 Å². The fourth-order valence-corrected chi connectivity index (χ4v) is 3.13. The molecule has 0 aliphatic carbocycles. The van der Waals surface area contributed by atoms with Gasteiger partial charge in [-0.15, -0.1) is 0 Å². The Morgan fingerprint density at radius 3 is 2.41 bits per heavy atom. The van der Waals surface area contributed by atoms with Gasteiger partial charge in [0.25, 0.3) is 0 Å². The maximum atomic E-state index is 3.53. The van der Waals surface area contributed by atoms with E-state index in [2.05, 4.69) is 65.9 Å². The van der Waals surface area contributed by atoms with Crippen LogP contribution >= 0.6 is 31.9 Å². The molecule has 0 amide bonds. The molecule has 0 aromatic heterocycles. The van der Waals surface area contributed by atoms with Crippen LogP contribution in [0.25, 0.3) is 0 Å². The summed E-state index contributed by atoms with van der Waals surface area (Å²) in [6.07, 6.45) is 0. The van der Waals surface area contributed by atoms with Crippen molar-refractivity contribution >= 4 is 31.9 Å². The van der Waals surface area contributed by atoms with Gasteiger partial charge in [0.15, 0.2) is 0 Å². The fraction of sp³-hybridized carbons (Fsp3) is 0.538. The second kappa shape index (κ2) is 6.88. The first kappa shape index (κ1) is 13.5. The van der Waals surface area contributed by atoms with Crippen LogP contribution in [0.15, 0.2) is 28.7 Å². The monoisotopic (exact) mass is 360 g/mol. The molecule has 94 valence electrons. The first-order valence-corrected chi connectivity index (χ1v) is 7.94. The van der Waals surface area contributed by atoms with Gasteiger partial charge in [-0.1, -0.05) is 44.0 Å². The summed E-state index contributed by atoms with van der Waals surface area (Å²) in [6.45, 7) is 6.99. The van der Waals surface area contributed by atoms with E-state index >= 15 is 0 Å². The third-order valence-corrected chi connectivity index (χ3v) is 4.01. The Labute approximate surface area is 120 Å². The minimum atomic E-state index is 1.07. The van der Waals surface area contributed by atoms with Crippen LogP contribution in [0, 0.1) is 0 Å². The normalized spacial score (nSPS) is 18.5. The van der Waals surface area contributed by atoms with Crippen LogP contribution in [0.5, 0.6) is 0 Å². The van der Waals surface area contributed by atoms with Gasteiger partial charge in [0.05, 0.1) is 0 Å². The average Bonchev–Trinajstić information content (AvgIpc) is 2.32. The third kappa shape index (κ3) is 4.36. The maximum absolute atomic E-state index is 3.53. The SMILES string of the molecule is BrCCN1CCN(Cc2cccc(Br)c2)CC1. The molecule has 1 aromatic carbocycles. The summed E-state index contributed by atoms with van der Waals surface area (Å²) in [5.41, 5.74) is 1.40. The van der Waals surface area contributed by atoms with Crippen molar-refractivity contribution in [2.24, 2.45) is 0 Å². The molecule has 4 heteroatoms. The van der Waals surface area contributed by atoms with Crippen LogP contribution in [-0.2, 0) is 6.54 Å². The Kier molecular flexibility index (Phi) is 5.48. The Morgan fingerprint density at radius 2 is 1.76 bits per heavy atom. The molecular weight excluding hydrogens is 344 g/mol. The number of hydrogen-bond donors (Lipinski definition) is 0. The van der Waals surface area contributed by atoms with Crippen molar-refractivity contribution in [1.82, 2.24) is 9.80 Å². The van der Waals surface area contributed by atoms with Gasteiger partial charge < -0.3 is 0 Å². The van der Waals surface area contributed by atoms with Gasteiger partial charge in [0.2, 0.25) is 0 Å². The van der Waals surface area contributed by atoms with E-state index in [1.165, 1.54) is 42.8 Å². The van der Waals surface area contributed by atoms with Crippen molar-refractivity contribution < 1.29 is 0 Å². The molecule has 0 saturated carbocycles. The molecule has 1 aliphatic rings. The van der Waals surface area contributed by atoms with Crippen molar-refractivity contribution in [2.75, 3.05) is 38.1 Å². The Bertz CT molecular complexity index is 349. The number of hydrogen-bond acceptors (Lipinski definition) is 2. The molecule has 2 nitrogen and oxygen atoms in total. The van der Waals surface area contributed by atoms with Gasteiger partial charge >= 0.3 is 0 Å². The van der Waals surface area contributed by atoms with E-state index in [4.69, 9.17) is 0 Å². The smallest absolute Gasteiger partial charge is 0.0235 e. The van der Waals surface area contributed by atoms with Crippen molar-refractivity contribution in [3.05, 3.63) is 34.3 Å². The molecule has 0 radical (unpaired) electrons. The zero-order valence-electron chi connectivity index (χ0n) is 9.91. The van der Waals surface area contributed by atoms with Gasteiger partial charge in [-0.05, 0) is 17.7 Å². The van der Waals surface area contributed by atoms with E-state index in [0.717, 1.165) is 11.9 Å². The Morgan fingerprint density at radius 1 is 1.06 bits per heavy atom. The first-order valence-electron chi connectivity index (χ1n) is 6.03. The zero-order valence-corrected chi connectivity index (χ0v) is 13.1. The van der Waals surface area contributed by atoms with E-state index in [9.17, 15) is 0 Å². The van der Waals surface area contributed by atoms with Crippen molar-refractivity contribution in [2.45, 2.75) is 6.54 Å². The van der Waals surface area contributed by atoms with E-state index in [0.29, 0.717) is 0 Å². The Balaban J connectivity index is 1.82. The second-order valence-corrected chi connectivity index (χ2v) is 6.15.